The van der Waals surface area contributed by atoms with E-state index in [-0.39, 0.29) is 93.2 Å². The van der Waals surface area contributed by atoms with Gasteiger partial charge in [0.1, 0.15) is 0 Å². The Labute approximate surface area is 739 Å². The number of amides is 4. The maximum absolute atomic E-state index is 13.3. The predicted molar refractivity (Wildman–Crippen MR) is 475 cm³/mol. The normalized spacial score (nSPS) is 14.9. The van der Waals surface area contributed by atoms with Crippen molar-refractivity contribution in [2.75, 3.05) is 126 Å². The number of benzene rings is 6. The van der Waals surface area contributed by atoms with Crippen LogP contribution < -0.4 is 40.2 Å². The van der Waals surface area contributed by atoms with Gasteiger partial charge in [0.05, 0.1) is 74.5 Å². The second-order valence-electron chi connectivity index (χ2n) is 29.0. The molecule has 2 aliphatic rings. The van der Waals surface area contributed by atoms with Crippen LogP contribution in [0.4, 0.5) is 45.5 Å². The van der Waals surface area contributed by atoms with Gasteiger partial charge in [-0.2, -0.15) is 40.9 Å². The Kier molecular flexibility index (Phi) is 40.6. The molecule has 0 aromatic heterocycles. The number of piperidine rings is 2. The van der Waals surface area contributed by atoms with Gasteiger partial charge >= 0.3 is 0 Å². The van der Waals surface area contributed by atoms with E-state index in [0.717, 1.165) is 105 Å². The topological polar surface area (TPSA) is 481 Å². The van der Waals surface area contributed by atoms with E-state index in [0.29, 0.717) is 44.6 Å². The number of likely N-dealkylation sites (N-methyl/N-ethyl adjacent to an activating group) is 2. The maximum Gasteiger partial charge on any atom is 0.258 e. The highest BCUT2D eigenvalue weighted by molar-refractivity contribution is 7.90. The average molecular weight is 1850 g/mol. The highest BCUT2D eigenvalue weighted by Gasteiger charge is 2.31. The molecule has 4 amide bonds. The molecule has 2 heterocycles. The van der Waals surface area contributed by atoms with Crippen molar-refractivity contribution in [2.45, 2.75) is 157 Å². The summed E-state index contributed by atoms with van der Waals surface area (Å²) in [5.74, 6) is -6.04. The number of ketones is 4. The molecule has 4 unspecified atom stereocenters. The van der Waals surface area contributed by atoms with Crippen molar-refractivity contribution in [1.82, 2.24) is 38.5 Å². The third-order valence-corrected chi connectivity index (χ3v) is 26.5. The van der Waals surface area contributed by atoms with Gasteiger partial charge in [0.2, 0.25) is 64.3 Å². The lowest BCUT2D eigenvalue weighted by Gasteiger charge is -2.26. The van der Waals surface area contributed by atoms with Gasteiger partial charge in [-0.05, 0) is 265 Å². The minimum absolute atomic E-state index is 0.00165. The summed E-state index contributed by atoms with van der Waals surface area (Å²) in [6.45, 7) is 25.3. The number of aryl methyl sites for hydroxylation is 1. The Balaban J connectivity index is 0.000000342. The van der Waals surface area contributed by atoms with Crippen LogP contribution in [0, 0.1) is 6.92 Å². The summed E-state index contributed by atoms with van der Waals surface area (Å²) >= 11 is 19.3. The highest BCUT2D eigenvalue weighted by Crippen LogP contribution is 2.35. The van der Waals surface area contributed by atoms with Crippen LogP contribution in [0.1, 0.15) is 112 Å². The lowest BCUT2D eigenvalue weighted by molar-refractivity contribution is -0.127. The molecule has 2 saturated heterocycles. The molecule has 2 fully saturated rings. The summed E-state index contributed by atoms with van der Waals surface area (Å²) in [5.41, 5.74) is 1.44. The molecule has 0 aliphatic carbocycles. The second kappa shape index (κ2) is 49.5. The van der Waals surface area contributed by atoms with Gasteiger partial charge in [-0.25, -0.2) is 52.6 Å². The van der Waals surface area contributed by atoms with Gasteiger partial charge in [0.15, 0.2) is 23.1 Å². The van der Waals surface area contributed by atoms with E-state index in [2.05, 4.69) is 101 Å². The molecule has 6 aromatic carbocycles. The van der Waals surface area contributed by atoms with Crippen molar-refractivity contribution >= 4 is 167 Å². The van der Waals surface area contributed by atoms with Crippen molar-refractivity contribution in [1.29, 1.82) is 0 Å². The van der Waals surface area contributed by atoms with Crippen LogP contribution >= 0.6 is 34.8 Å². The number of sulfonamides is 4. The van der Waals surface area contributed by atoms with E-state index in [1.165, 1.54) is 148 Å². The Morgan fingerprint density at radius 1 is 0.355 bits per heavy atom. The molecule has 0 radical (unpaired) electrons. The summed E-state index contributed by atoms with van der Waals surface area (Å²) in [4.78, 5) is 111. The summed E-state index contributed by atoms with van der Waals surface area (Å²) in [7, 11) is -15.1. The molecule has 2 aliphatic heterocycles. The third-order valence-electron chi connectivity index (χ3n) is 19.7. The predicted octanol–water partition coefficient (Wildman–Crippen LogP) is 11.9. The van der Waals surface area contributed by atoms with Crippen molar-refractivity contribution in [3.63, 3.8) is 0 Å². The first kappa shape index (κ1) is 102. The number of rotatable bonds is 46. The zero-order valence-electron chi connectivity index (χ0n) is 70.5. The number of hydrogen-bond acceptors (Lipinski definition) is 28. The number of Topliss-reactive ketones (excluding diaryl/α,β-unsaturated/α-hetero) is 4. The first-order chi connectivity index (χ1) is 58.9. The van der Waals surface area contributed by atoms with Crippen LogP contribution in [0.2, 0.25) is 15.1 Å². The minimum Gasteiger partial charge on any atom is -0.323 e. The van der Waals surface area contributed by atoms with Crippen molar-refractivity contribution in [3.8, 4) is 0 Å². The van der Waals surface area contributed by atoms with E-state index in [4.69, 9.17) is 34.8 Å². The lowest BCUT2D eigenvalue weighted by Crippen LogP contribution is -2.34. The molecular weight excluding hydrogens is 1740 g/mol. The number of carbonyl (C=O) groups is 8. The van der Waals surface area contributed by atoms with E-state index in [9.17, 15) is 72.0 Å². The van der Waals surface area contributed by atoms with E-state index >= 15 is 0 Å². The molecule has 0 saturated carbocycles. The zero-order valence-corrected chi connectivity index (χ0v) is 76.0. The summed E-state index contributed by atoms with van der Waals surface area (Å²) < 4.78 is 112. The highest BCUT2D eigenvalue weighted by atomic mass is 35.5. The number of anilines is 4. The van der Waals surface area contributed by atoms with Gasteiger partial charge in [-0.1, -0.05) is 75.3 Å². The lowest BCUT2D eigenvalue weighted by atomic mass is 10.1. The number of nitrogens with zero attached hydrogens (tertiary/aromatic N) is 12. The number of nitrogens with one attached hydrogen (secondary N) is 8. The quantitative estimate of drug-likeness (QED) is 0.00999. The summed E-state index contributed by atoms with van der Waals surface area (Å²) in [6, 6.07) is 20.8. The Morgan fingerprint density at radius 2 is 0.589 bits per heavy atom. The Morgan fingerprint density at radius 3 is 0.839 bits per heavy atom. The van der Waals surface area contributed by atoms with Crippen LogP contribution in [-0.2, 0) is 78.4 Å². The van der Waals surface area contributed by atoms with E-state index < -0.39 is 111 Å². The number of carbonyl (C=O) groups excluding carboxylic acids is 8. The first-order valence-corrected chi connectivity index (χ1v) is 47.4. The molecule has 36 nitrogen and oxygen atoms in total. The fraction of sp³-hybridized carbons (Fsp3) is 0.457. The number of likely N-dealkylation sites (tertiary alicyclic amines) is 2. The van der Waals surface area contributed by atoms with E-state index in [1.807, 2.05) is 27.7 Å². The number of azo groups is 4. The first-order valence-electron chi connectivity index (χ1n) is 40.3. The Hall–Kier alpha value is -9.37. The van der Waals surface area contributed by atoms with Gasteiger partial charge in [-0.15, -0.1) is 0 Å². The fourth-order valence-electron chi connectivity index (χ4n) is 12.5. The monoisotopic (exact) mass is 1850 g/mol. The van der Waals surface area contributed by atoms with Crippen molar-refractivity contribution in [2.24, 2.45) is 40.9 Å². The van der Waals surface area contributed by atoms with Crippen molar-refractivity contribution < 1.29 is 72.0 Å². The van der Waals surface area contributed by atoms with Crippen LogP contribution in [0.25, 0.3) is 0 Å². The number of halogens is 3. The molecule has 672 valence electrons. The average Bonchev–Trinajstić information content (AvgIpc) is 0.856. The van der Waals surface area contributed by atoms with Gasteiger partial charge < -0.3 is 40.9 Å². The number of hydrogen-bond donors (Lipinski definition) is 8. The smallest absolute Gasteiger partial charge is 0.258 e. The summed E-state index contributed by atoms with van der Waals surface area (Å²) in [6.07, 6.45) is 8.50. The maximum atomic E-state index is 13.3. The fourth-order valence-corrected chi connectivity index (χ4v) is 17.3. The van der Waals surface area contributed by atoms with E-state index in [1.54, 1.807) is 6.92 Å². The van der Waals surface area contributed by atoms with Gasteiger partial charge in [0.25, 0.3) is 23.6 Å². The van der Waals surface area contributed by atoms with Gasteiger partial charge in [-0.3, -0.25) is 38.4 Å². The van der Waals surface area contributed by atoms with Crippen LogP contribution in [0.3, 0.4) is 0 Å². The molecule has 8 N–H and O–H groups in total. The molecule has 4 atom stereocenters. The molecule has 6 aromatic rings. The minimum atomic E-state index is -3.79. The molecular formula is C81H107Cl3N20O16S4. The van der Waals surface area contributed by atoms with Crippen molar-refractivity contribution in [3.05, 3.63) is 142 Å². The molecule has 8 rings (SSSR count). The van der Waals surface area contributed by atoms with Crippen LogP contribution in [0.15, 0.2) is 182 Å². The molecule has 43 heteroatoms. The zero-order chi connectivity index (χ0) is 90.9. The van der Waals surface area contributed by atoms with Crippen LogP contribution in [-0.4, -0.2) is 229 Å². The molecule has 0 spiro atoms. The van der Waals surface area contributed by atoms with Gasteiger partial charge in [0, 0.05) is 45.0 Å². The SMILES string of the molecule is CC(=O)C(N=Nc1ccc(S(=O)(=O)NCCCN2CCCCC2)cc1)C(=O)Nc1cc(Cl)c(NC(=O)C(N=Nc2ccc(S(=O)(=O)NCCCN3CCCCC3)cc2)C(C)=O)cc1C.CCN(CC)CCNS(=O)(=O)c1ccc(N=NC(C(C)=O)C(=O)Nc2cc(Cl)c(NC(=O)C(N=Nc3ccc(S(=O)(=O)NCCN(CC)CC)cc3)C(C)=O)cc2Cl)cc1. The standard InChI is InChI=1S/C43H57ClN10O8S2.C38H50Cl2N10O8S2/c1-30-28-39(48-43(58)41(32(3)56)52-50-34-14-18-36(19-15-34)64(61,62)46-21-11-27-54-24-8-5-9-25-54)37(44)29-38(30)47-42(57)40(31(2)55)51-49-33-12-16-35(17-13-33)63(59,60)45-20-10-26-53-22-6-4-7-23-53;1-7-49(8-2)21-19-41-59(55,56)29-15-11-27(12-16-29)45-47-35(25(5)51)37(53)43-33-23-32(40)34(24-31(33)39)44-38(54)36(26(6)52)48-46-28-13-17-30(18-14-28)60(57,58)42-20-22-50(9-3)10-4/h12-19,28-29,40-41,45-46H,4-11,20-27H2,1-3H3,(H,47,57)(H,48,58);11-18,23-24,35-36,41-42H,7-10,19-22H2,1-6H3,(H,43,53)(H,44,54). The summed E-state index contributed by atoms with van der Waals surface area (Å²) in [5, 5.41) is 41.4. The molecule has 0 bridgehead atoms. The Bertz CT molecular complexity index is 4970. The molecule has 124 heavy (non-hydrogen) atoms. The third kappa shape index (κ3) is 32.2. The largest absolute Gasteiger partial charge is 0.323 e. The second-order valence-corrected chi connectivity index (χ2v) is 37.3. The van der Waals surface area contributed by atoms with Crippen LogP contribution in [0.5, 0.6) is 0 Å².